The molecule has 1 aliphatic rings. The van der Waals surface area contributed by atoms with Gasteiger partial charge in [-0.05, 0) is 67.1 Å². The number of halogens is 1. The van der Waals surface area contributed by atoms with Crippen LogP contribution in [0.15, 0.2) is 64.0 Å². The second-order valence-corrected chi connectivity index (χ2v) is 9.19. The minimum Gasteiger partial charge on any atom is -0.507 e. The number of Topliss-reactive ketones (excluding diaryl/α,β-unsaturated/α-hetero) is 1. The zero-order valence-electron chi connectivity index (χ0n) is 16.8. The average Bonchev–Trinajstić information content (AvgIpc) is 3.25. The van der Waals surface area contributed by atoms with Crippen LogP contribution in [0.2, 0.25) is 0 Å². The van der Waals surface area contributed by atoms with E-state index in [0.717, 1.165) is 26.0 Å². The zero-order valence-corrected chi connectivity index (χ0v) is 19.2. The Morgan fingerprint density at radius 2 is 1.73 bits per heavy atom. The molecule has 0 saturated carbocycles. The van der Waals surface area contributed by atoms with Crippen molar-refractivity contribution >= 4 is 50.4 Å². The van der Waals surface area contributed by atoms with Gasteiger partial charge >= 0.3 is 0 Å². The second-order valence-electron chi connectivity index (χ2n) is 7.39. The Hall–Kier alpha value is -2.70. The molecule has 4 rings (SSSR count). The van der Waals surface area contributed by atoms with Crippen LogP contribution >= 0.6 is 27.3 Å². The van der Waals surface area contributed by atoms with Crippen molar-refractivity contribution in [2.75, 3.05) is 4.90 Å². The number of aliphatic hydroxyl groups excluding tert-OH is 1. The third kappa shape index (κ3) is 3.30. The van der Waals surface area contributed by atoms with Crippen LogP contribution < -0.4 is 4.90 Å². The molecule has 1 N–H and O–H groups in total. The SMILES string of the molecule is Cc1cc(/C(O)=C2/C(=O)C(=O)N(c3ccccc3C)C2c2sccc2C)ccc1Br. The van der Waals surface area contributed by atoms with Crippen LogP contribution in [0, 0.1) is 20.8 Å². The van der Waals surface area contributed by atoms with Gasteiger partial charge in [-0.2, -0.15) is 0 Å². The lowest BCUT2D eigenvalue weighted by Crippen LogP contribution is -2.30. The van der Waals surface area contributed by atoms with Crippen molar-refractivity contribution in [1.82, 2.24) is 0 Å². The van der Waals surface area contributed by atoms with E-state index in [-0.39, 0.29) is 11.3 Å². The Morgan fingerprint density at radius 1 is 1.00 bits per heavy atom. The fourth-order valence-corrected chi connectivity index (χ4v) is 5.05. The van der Waals surface area contributed by atoms with E-state index in [0.29, 0.717) is 11.3 Å². The van der Waals surface area contributed by atoms with Gasteiger partial charge < -0.3 is 5.11 Å². The van der Waals surface area contributed by atoms with Crippen LogP contribution in [0.25, 0.3) is 5.76 Å². The number of aliphatic hydroxyl groups is 1. The molecule has 6 heteroatoms. The topological polar surface area (TPSA) is 57.6 Å². The molecule has 1 unspecified atom stereocenters. The largest absolute Gasteiger partial charge is 0.507 e. The molecule has 1 amide bonds. The Morgan fingerprint density at radius 3 is 2.37 bits per heavy atom. The van der Waals surface area contributed by atoms with E-state index >= 15 is 0 Å². The fraction of sp³-hybridized carbons (Fsp3) is 0.167. The highest BCUT2D eigenvalue weighted by Crippen LogP contribution is 2.45. The predicted molar refractivity (Wildman–Crippen MR) is 124 cm³/mol. The Bertz CT molecular complexity index is 1210. The van der Waals surface area contributed by atoms with Crippen LogP contribution in [0.5, 0.6) is 0 Å². The van der Waals surface area contributed by atoms with Crippen molar-refractivity contribution in [3.63, 3.8) is 0 Å². The van der Waals surface area contributed by atoms with E-state index < -0.39 is 17.7 Å². The molecule has 2 heterocycles. The minimum atomic E-state index is -0.672. The number of benzene rings is 2. The number of rotatable bonds is 3. The molecule has 0 aliphatic carbocycles. The Balaban J connectivity index is 1.98. The van der Waals surface area contributed by atoms with Gasteiger partial charge in [-0.15, -0.1) is 11.3 Å². The molecule has 0 radical (unpaired) electrons. The number of hydrogen-bond donors (Lipinski definition) is 1. The lowest BCUT2D eigenvalue weighted by Gasteiger charge is -2.26. The molecular weight excluding hydrogens is 462 g/mol. The smallest absolute Gasteiger partial charge is 0.300 e. The summed E-state index contributed by atoms with van der Waals surface area (Å²) in [5.74, 6) is -1.45. The quantitative estimate of drug-likeness (QED) is 0.280. The lowest BCUT2D eigenvalue weighted by atomic mass is 9.97. The van der Waals surface area contributed by atoms with E-state index in [1.54, 1.807) is 12.1 Å². The summed E-state index contributed by atoms with van der Waals surface area (Å²) in [6.07, 6.45) is 0. The number of hydrogen-bond acceptors (Lipinski definition) is 4. The molecule has 1 saturated heterocycles. The number of anilines is 1. The maximum Gasteiger partial charge on any atom is 0.300 e. The molecule has 3 aromatic rings. The summed E-state index contributed by atoms with van der Waals surface area (Å²) in [7, 11) is 0. The molecule has 1 atom stereocenters. The van der Waals surface area contributed by atoms with Crippen LogP contribution in [-0.2, 0) is 9.59 Å². The van der Waals surface area contributed by atoms with Crippen molar-refractivity contribution in [2.24, 2.45) is 0 Å². The van der Waals surface area contributed by atoms with Crippen LogP contribution in [0.4, 0.5) is 5.69 Å². The van der Waals surface area contributed by atoms with Gasteiger partial charge in [-0.3, -0.25) is 14.5 Å². The number of para-hydroxylation sites is 1. The highest BCUT2D eigenvalue weighted by Gasteiger charge is 2.48. The van der Waals surface area contributed by atoms with Crippen LogP contribution in [-0.4, -0.2) is 16.8 Å². The normalized spacial score (nSPS) is 18.3. The summed E-state index contributed by atoms with van der Waals surface area (Å²) in [6.45, 7) is 5.77. The monoisotopic (exact) mass is 481 g/mol. The van der Waals surface area contributed by atoms with Crippen molar-refractivity contribution in [2.45, 2.75) is 26.8 Å². The van der Waals surface area contributed by atoms with Gasteiger partial charge in [-0.25, -0.2) is 0 Å². The van der Waals surface area contributed by atoms with Gasteiger partial charge in [0.2, 0.25) is 0 Å². The molecule has 0 spiro atoms. The van der Waals surface area contributed by atoms with Gasteiger partial charge in [0.1, 0.15) is 11.8 Å². The minimum absolute atomic E-state index is 0.121. The first-order valence-electron chi connectivity index (χ1n) is 9.48. The van der Waals surface area contributed by atoms with Gasteiger partial charge in [0.05, 0.1) is 5.57 Å². The van der Waals surface area contributed by atoms with Crippen molar-refractivity contribution in [3.8, 4) is 0 Å². The first-order valence-corrected chi connectivity index (χ1v) is 11.2. The third-order valence-corrected chi connectivity index (χ3v) is 7.36. The Kier molecular flexibility index (Phi) is 5.38. The van der Waals surface area contributed by atoms with Gasteiger partial charge in [0.25, 0.3) is 11.7 Å². The number of amides is 1. The van der Waals surface area contributed by atoms with Crippen molar-refractivity contribution in [3.05, 3.63) is 91.1 Å². The third-order valence-electron chi connectivity index (χ3n) is 5.40. The molecule has 1 aliphatic heterocycles. The summed E-state index contributed by atoms with van der Waals surface area (Å²) in [5.41, 5.74) is 4.09. The first-order chi connectivity index (χ1) is 14.3. The fourth-order valence-electron chi connectivity index (χ4n) is 3.77. The van der Waals surface area contributed by atoms with Crippen LogP contribution in [0.3, 0.4) is 0 Å². The van der Waals surface area contributed by atoms with Gasteiger partial charge in [-0.1, -0.05) is 40.2 Å². The molecule has 152 valence electrons. The maximum absolute atomic E-state index is 13.2. The van der Waals surface area contributed by atoms with Crippen molar-refractivity contribution < 1.29 is 14.7 Å². The standard InChI is InChI=1S/C24H20BrNO3S/c1-13-6-4-5-7-18(13)26-20(23-14(2)10-11-30-23)19(22(28)24(26)29)21(27)16-8-9-17(25)15(3)12-16/h4-12,20,27H,1-3H3/b21-19-. The molecule has 30 heavy (non-hydrogen) atoms. The molecule has 4 nitrogen and oxygen atoms in total. The van der Waals surface area contributed by atoms with E-state index in [4.69, 9.17) is 0 Å². The number of ketones is 1. The maximum atomic E-state index is 13.2. The van der Waals surface area contributed by atoms with E-state index in [9.17, 15) is 14.7 Å². The summed E-state index contributed by atoms with van der Waals surface area (Å²) in [4.78, 5) is 28.7. The molecule has 1 fully saturated rings. The molecule has 0 bridgehead atoms. The highest BCUT2D eigenvalue weighted by atomic mass is 79.9. The first kappa shape index (κ1) is 20.6. The summed E-state index contributed by atoms with van der Waals surface area (Å²) in [6, 6.07) is 14.1. The van der Waals surface area contributed by atoms with Gasteiger partial charge in [0, 0.05) is 20.6 Å². The second kappa shape index (κ2) is 7.85. The zero-order chi connectivity index (χ0) is 21.6. The highest BCUT2D eigenvalue weighted by molar-refractivity contribution is 9.10. The lowest BCUT2D eigenvalue weighted by molar-refractivity contribution is -0.132. The summed E-state index contributed by atoms with van der Waals surface area (Å²) >= 11 is 4.94. The van der Waals surface area contributed by atoms with E-state index in [1.807, 2.05) is 62.5 Å². The Labute approximate surface area is 187 Å². The number of carbonyl (C=O) groups excluding carboxylic acids is 2. The summed E-state index contributed by atoms with van der Waals surface area (Å²) in [5, 5.41) is 13.1. The number of thiophene rings is 1. The van der Waals surface area contributed by atoms with E-state index in [1.165, 1.54) is 16.2 Å². The number of carbonyl (C=O) groups is 2. The number of nitrogens with zero attached hydrogens (tertiary/aromatic N) is 1. The summed E-state index contributed by atoms with van der Waals surface area (Å²) < 4.78 is 0.907. The van der Waals surface area contributed by atoms with E-state index in [2.05, 4.69) is 15.9 Å². The van der Waals surface area contributed by atoms with Crippen LogP contribution in [0.1, 0.15) is 33.2 Å². The molecular formula is C24H20BrNO3S. The number of aryl methyl sites for hydroxylation is 3. The van der Waals surface area contributed by atoms with Gasteiger partial charge in [0.15, 0.2) is 0 Å². The predicted octanol–water partition coefficient (Wildman–Crippen LogP) is 6.06. The van der Waals surface area contributed by atoms with Crippen molar-refractivity contribution in [1.29, 1.82) is 0 Å². The molecule has 2 aromatic carbocycles. The molecule has 1 aromatic heterocycles. The average molecular weight is 482 g/mol.